The number of likely N-dealkylation sites (tertiary alicyclic amines) is 1. The van der Waals surface area contributed by atoms with Gasteiger partial charge in [0.05, 0.1) is 29.2 Å². The summed E-state index contributed by atoms with van der Waals surface area (Å²) >= 11 is 1.58. The number of para-hydroxylation sites is 1. The first-order valence-corrected chi connectivity index (χ1v) is 14.6. The molecule has 2 unspecified atom stereocenters. The molecule has 3 heterocycles. The number of aliphatic hydroxyl groups excluding tert-OH is 1. The lowest BCUT2D eigenvalue weighted by Crippen LogP contribution is -2.56. The van der Waals surface area contributed by atoms with Crippen LogP contribution in [0.4, 0.5) is 5.69 Å². The molecule has 3 aliphatic rings. The summed E-state index contributed by atoms with van der Waals surface area (Å²) in [6.07, 6.45) is 4.53. The summed E-state index contributed by atoms with van der Waals surface area (Å²) in [6, 6.07) is 13.5. The SMILES string of the molecule is C=CCOC(=O)[C@@H]1[C@H]2C(=O)N([C@H](CO)c3ccccc3)C(C(=O)N(CC=C)c3c(C)cccc3C)C23CC[C@H]1S3. The molecule has 210 valence electrons. The van der Waals surface area contributed by atoms with Gasteiger partial charge in [-0.15, -0.1) is 18.3 Å². The number of aryl methyl sites for hydroxylation is 2. The quantitative estimate of drug-likeness (QED) is 0.343. The van der Waals surface area contributed by atoms with E-state index in [1.807, 2.05) is 62.4 Å². The maximum Gasteiger partial charge on any atom is 0.311 e. The maximum absolute atomic E-state index is 14.9. The molecular formula is C32H36N2O5S. The molecule has 5 rings (SSSR count). The van der Waals surface area contributed by atoms with E-state index in [0.29, 0.717) is 12.8 Å². The molecule has 7 nitrogen and oxygen atoms in total. The summed E-state index contributed by atoms with van der Waals surface area (Å²) in [4.78, 5) is 46.0. The van der Waals surface area contributed by atoms with Gasteiger partial charge in [0.25, 0.3) is 5.91 Å². The Bertz CT molecular complexity index is 1310. The molecule has 2 aromatic rings. The molecule has 3 aliphatic heterocycles. The lowest BCUT2D eigenvalue weighted by Gasteiger charge is -2.40. The third kappa shape index (κ3) is 4.38. The summed E-state index contributed by atoms with van der Waals surface area (Å²) in [5.41, 5.74) is 3.41. The fraction of sp³-hybridized carbons (Fsp3) is 0.406. The summed E-state index contributed by atoms with van der Waals surface area (Å²) < 4.78 is 4.66. The molecule has 2 amide bonds. The van der Waals surface area contributed by atoms with Crippen molar-refractivity contribution in [3.05, 3.63) is 90.5 Å². The zero-order chi connectivity index (χ0) is 28.6. The van der Waals surface area contributed by atoms with Gasteiger partial charge < -0.3 is 19.6 Å². The Morgan fingerprint density at radius 2 is 1.85 bits per heavy atom. The van der Waals surface area contributed by atoms with Crippen LogP contribution < -0.4 is 4.90 Å². The number of rotatable bonds is 10. The number of thioether (sulfide) groups is 1. The molecule has 3 saturated heterocycles. The van der Waals surface area contributed by atoms with Gasteiger partial charge in [0.15, 0.2) is 0 Å². The number of esters is 1. The Morgan fingerprint density at radius 1 is 1.15 bits per heavy atom. The Labute approximate surface area is 239 Å². The molecule has 1 N–H and O–H groups in total. The normalized spacial score (nSPS) is 27.3. The number of ether oxygens (including phenoxy) is 1. The molecule has 6 atom stereocenters. The standard InChI is InChI=1S/C32H36N2O5S/c1-5-17-33(27-20(3)11-10-12-21(27)4)30(37)28-32-16-15-24(40-32)25(31(38)39-18-6-2)26(32)29(36)34(28)23(19-35)22-13-8-7-9-14-22/h5-14,23-26,28,35H,1-2,15-19H2,3-4H3/t23-,24-,25+,26+,28?,32?/m1/s1. The van der Waals surface area contributed by atoms with Crippen molar-refractivity contribution in [3.8, 4) is 0 Å². The third-order valence-corrected chi connectivity index (χ3v) is 10.5. The lowest BCUT2D eigenvalue weighted by atomic mass is 9.71. The molecular weight excluding hydrogens is 524 g/mol. The van der Waals surface area contributed by atoms with Crippen molar-refractivity contribution in [2.24, 2.45) is 11.8 Å². The van der Waals surface area contributed by atoms with E-state index >= 15 is 0 Å². The van der Waals surface area contributed by atoms with E-state index in [1.54, 1.807) is 27.6 Å². The van der Waals surface area contributed by atoms with Gasteiger partial charge in [-0.2, -0.15) is 0 Å². The van der Waals surface area contributed by atoms with Gasteiger partial charge >= 0.3 is 5.97 Å². The highest BCUT2D eigenvalue weighted by Crippen LogP contribution is 2.67. The second-order valence-corrected chi connectivity index (χ2v) is 12.4. The van der Waals surface area contributed by atoms with Crippen LogP contribution in [0, 0.1) is 25.7 Å². The molecule has 3 fully saturated rings. The number of fused-ring (bicyclic) bond motifs is 1. The zero-order valence-electron chi connectivity index (χ0n) is 23.0. The minimum Gasteiger partial charge on any atom is -0.461 e. The zero-order valence-corrected chi connectivity index (χ0v) is 23.8. The number of hydrogen-bond acceptors (Lipinski definition) is 6. The van der Waals surface area contributed by atoms with Crippen molar-refractivity contribution < 1.29 is 24.2 Å². The number of nitrogens with zero attached hydrogens (tertiary/aromatic N) is 2. The highest BCUT2D eigenvalue weighted by Gasteiger charge is 2.75. The molecule has 0 aromatic heterocycles. The molecule has 1 spiro atoms. The Morgan fingerprint density at radius 3 is 2.48 bits per heavy atom. The molecule has 0 radical (unpaired) electrons. The van der Waals surface area contributed by atoms with Gasteiger partial charge in [-0.25, -0.2) is 0 Å². The molecule has 0 aliphatic carbocycles. The summed E-state index contributed by atoms with van der Waals surface area (Å²) in [5.74, 6) is -2.31. The smallest absolute Gasteiger partial charge is 0.311 e. The largest absolute Gasteiger partial charge is 0.461 e. The molecule has 40 heavy (non-hydrogen) atoms. The minimum absolute atomic E-state index is 0.0651. The van der Waals surface area contributed by atoms with Gasteiger partial charge in [0, 0.05) is 17.5 Å². The highest BCUT2D eigenvalue weighted by atomic mass is 32.2. The second-order valence-electron chi connectivity index (χ2n) is 10.8. The lowest BCUT2D eigenvalue weighted by molar-refractivity contribution is -0.153. The van der Waals surface area contributed by atoms with Crippen LogP contribution in [0.1, 0.15) is 35.6 Å². The van der Waals surface area contributed by atoms with Gasteiger partial charge in [-0.1, -0.05) is 67.3 Å². The first-order valence-electron chi connectivity index (χ1n) is 13.7. The van der Waals surface area contributed by atoms with E-state index in [1.165, 1.54) is 6.08 Å². The number of carbonyl (C=O) groups is 3. The van der Waals surface area contributed by atoms with Crippen molar-refractivity contribution in [2.45, 2.75) is 48.8 Å². The van der Waals surface area contributed by atoms with Gasteiger partial charge in [0.1, 0.15) is 12.6 Å². The van der Waals surface area contributed by atoms with Crippen molar-refractivity contribution in [2.75, 3.05) is 24.7 Å². The number of anilines is 1. The monoisotopic (exact) mass is 560 g/mol. The fourth-order valence-corrected chi connectivity index (χ4v) is 9.23. The van der Waals surface area contributed by atoms with Crippen molar-refractivity contribution in [1.82, 2.24) is 4.90 Å². The van der Waals surface area contributed by atoms with Crippen LogP contribution in [0.2, 0.25) is 0 Å². The van der Waals surface area contributed by atoms with Crippen LogP contribution in [0.25, 0.3) is 0 Å². The molecule has 2 aromatic carbocycles. The van der Waals surface area contributed by atoms with E-state index in [-0.39, 0.29) is 36.8 Å². The van der Waals surface area contributed by atoms with Crippen LogP contribution in [-0.2, 0) is 19.1 Å². The van der Waals surface area contributed by atoms with Crippen molar-refractivity contribution in [3.63, 3.8) is 0 Å². The van der Waals surface area contributed by atoms with Crippen LogP contribution in [0.3, 0.4) is 0 Å². The number of benzene rings is 2. The number of aliphatic hydroxyl groups is 1. The van der Waals surface area contributed by atoms with E-state index in [9.17, 15) is 19.5 Å². The van der Waals surface area contributed by atoms with Crippen LogP contribution in [0.15, 0.2) is 73.8 Å². The summed E-state index contributed by atoms with van der Waals surface area (Å²) in [7, 11) is 0. The number of carbonyl (C=O) groups excluding carboxylic acids is 3. The van der Waals surface area contributed by atoms with Crippen LogP contribution in [0.5, 0.6) is 0 Å². The predicted octanol–water partition coefficient (Wildman–Crippen LogP) is 4.38. The summed E-state index contributed by atoms with van der Waals surface area (Å²) in [5, 5.41) is 10.6. The van der Waals surface area contributed by atoms with Crippen molar-refractivity contribution in [1.29, 1.82) is 0 Å². The Hall–Kier alpha value is -3.36. The van der Waals surface area contributed by atoms with E-state index in [2.05, 4.69) is 13.2 Å². The van der Waals surface area contributed by atoms with Gasteiger partial charge in [0.2, 0.25) is 5.91 Å². The van der Waals surface area contributed by atoms with Gasteiger partial charge in [-0.05, 0) is 43.4 Å². The van der Waals surface area contributed by atoms with E-state index in [4.69, 9.17) is 4.74 Å². The molecule has 2 bridgehead atoms. The number of hydrogen-bond donors (Lipinski definition) is 1. The minimum atomic E-state index is -0.881. The second kappa shape index (κ2) is 11.3. The average Bonchev–Trinajstić information content (AvgIpc) is 3.59. The Kier molecular flexibility index (Phi) is 7.93. The predicted molar refractivity (Wildman–Crippen MR) is 157 cm³/mol. The van der Waals surface area contributed by atoms with Crippen LogP contribution >= 0.6 is 11.8 Å². The first kappa shape index (κ1) is 28.2. The number of amides is 2. The van der Waals surface area contributed by atoms with E-state index in [0.717, 1.165) is 22.4 Å². The topological polar surface area (TPSA) is 87.1 Å². The average molecular weight is 561 g/mol. The molecule has 0 saturated carbocycles. The molecule has 8 heteroatoms. The Balaban J connectivity index is 1.66. The third-order valence-electron chi connectivity index (χ3n) is 8.57. The fourth-order valence-electron chi connectivity index (χ4n) is 7.04. The van der Waals surface area contributed by atoms with Crippen molar-refractivity contribution >= 4 is 35.2 Å². The maximum atomic E-state index is 14.9. The highest BCUT2D eigenvalue weighted by molar-refractivity contribution is 8.02. The van der Waals surface area contributed by atoms with Crippen LogP contribution in [-0.4, -0.2) is 63.6 Å². The van der Waals surface area contributed by atoms with E-state index < -0.39 is 34.6 Å². The summed E-state index contributed by atoms with van der Waals surface area (Å²) in [6.45, 7) is 11.5. The first-order chi connectivity index (χ1) is 19.3. The van der Waals surface area contributed by atoms with Gasteiger partial charge in [-0.3, -0.25) is 14.4 Å².